The van der Waals surface area contributed by atoms with Gasteiger partial charge in [0.1, 0.15) is 0 Å². The number of ether oxygens (including phenoxy) is 3. The molecular weight excluding hydrogens is 263 g/mol. The van der Waals surface area contributed by atoms with Gasteiger partial charge in [-0.3, -0.25) is 0 Å². The third kappa shape index (κ3) is 4.91. The van der Waals surface area contributed by atoms with Crippen LogP contribution in [0.1, 0.15) is 20.3 Å². The van der Waals surface area contributed by atoms with Crippen LogP contribution in [-0.4, -0.2) is 57.4 Å². The molecule has 1 aliphatic carbocycles. The summed E-state index contributed by atoms with van der Waals surface area (Å²) >= 11 is 0. The molecule has 1 fully saturated rings. The molecular formula is C12H22F3NO3. The lowest BCUT2D eigenvalue weighted by Crippen LogP contribution is -2.61. The van der Waals surface area contributed by atoms with Crippen molar-refractivity contribution in [2.24, 2.45) is 0 Å². The fraction of sp³-hybridized carbons (Fsp3) is 1.00. The number of alkyl halides is 3. The highest BCUT2D eigenvalue weighted by Crippen LogP contribution is 2.32. The molecule has 0 heterocycles. The zero-order valence-electron chi connectivity index (χ0n) is 11.5. The van der Waals surface area contributed by atoms with Crippen molar-refractivity contribution in [2.75, 3.05) is 26.9 Å². The zero-order valence-corrected chi connectivity index (χ0v) is 11.5. The summed E-state index contributed by atoms with van der Waals surface area (Å²) in [7, 11) is 1.55. The Morgan fingerprint density at radius 2 is 2.00 bits per heavy atom. The standard InChI is InChI=1S/C12H22F3NO3/c1-4-16-9-7-10(11(9)18-6-5-17-3)19-8(2)12(13,14)15/h8-11,16H,4-7H2,1-3H3. The Labute approximate surface area is 111 Å². The molecule has 0 spiro atoms. The molecule has 0 bridgehead atoms. The molecule has 0 aliphatic heterocycles. The molecule has 0 radical (unpaired) electrons. The van der Waals surface area contributed by atoms with Crippen LogP contribution in [0.5, 0.6) is 0 Å². The van der Waals surface area contributed by atoms with Gasteiger partial charge < -0.3 is 19.5 Å². The van der Waals surface area contributed by atoms with Gasteiger partial charge in [-0.25, -0.2) is 0 Å². The monoisotopic (exact) mass is 285 g/mol. The summed E-state index contributed by atoms with van der Waals surface area (Å²) < 4.78 is 52.8. The van der Waals surface area contributed by atoms with E-state index in [2.05, 4.69) is 5.32 Å². The van der Waals surface area contributed by atoms with Crippen LogP contribution in [0.15, 0.2) is 0 Å². The molecule has 4 nitrogen and oxygen atoms in total. The lowest BCUT2D eigenvalue weighted by molar-refractivity contribution is -0.257. The minimum absolute atomic E-state index is 0.0484. The van der Waals surface area contributed by atoms with Gasteiger partial charge in [0.15, 0.2) is 6.10 Å². The van der Waals surface area contributed by atoms with Gasteiger partial charge in [-0.15, -0.1) is 0 Å². The van der Waals surface area contributed by atoms with E-state index < -0.39 is 18.4 Å². The van der Waals surface area contributed by atoms with E-state index in [4.69, 9.17) is 14.2 Å². The second kappa shape index (κ2) is 7.42. The molecule has 7 heteroatoms. The Hall–Kier alpha value is -0.370. The first-order valence-corrected chi connectivity index (χ1v) is 6.46. The predicted octanol–water partition coefficient (Wildman–Crippen LogP) is 1.74. The Bertz CT molecular complexity index is 263. The summed E-state index contributed by atoms with van der Waals surface area (Å²) in [5, 5.41) is 3.17. The van der Waals surface area contributed by atoms with Gasteiger partial charge in [-0.05, 0) is 19.9 Å². The van der Waals surface area contributed by atoms with Crippen molar-refractivity contribution in [2.45, 2.75) is 50.8 Å². The van der Waals surface area contributed by atoms with Gasteiger partial charge in [0.05, 0.1) is 25.4 Å². The van der Waals surface area contributed by atoms with Gasteiger partial charge in [0.25, 0.3) is 0 Å². The molecule has 1 saturated carbocycles. The van der Waals surface area contributed by atoms with Crippen molar-refractivity contribution in [3.8, 4) is 0 Å². The molecule has 1 aliphatic rings. The number of rotatable bonds is 8. The third-order valence-electron chi connectivity index (χ3n) is 3.15. The largest absolute Gasteiger partial charge is 0.414 e. The Morgan fingerprint density at radius 1 is 1.32 bits per heavy atom. The molecule has 4 atom stereocenters. The van der Waals surface area contributed by atoms with E-state index in [9.17, 15) is 13.2 Å². The van der Waals surface area contributed by atoms with E-state index in [-0.39, 0.29) is 12.1 Å². The molecule has 1 N–H and O–H groups in total. The van der Waals surface area contributed by atoms with E-state index in [1.54, 1.807) is 7.11 Å². The molecule has 0 aromatic carbocycles. The number of methoxy groups -OCH3 is 1. The van der Waals surface area contributed by atoms with Crippen LogP contribution in [0.25, 0.3) is 0 Å². The maximum Gasteiger partial charge on any atom is 0.414 e. The molecule has 0 saturated heterocycles. The first-order valence-electron chi connectivity index (χ1n) is 6.46. The lowest BCUT2D eigenvalue weighted by Gasteiger charge is -2.45. The summed E-state index contributed by atoms with van der Waals surface area (Å²) in [6.45, 7) is 4.47. The van der Waals surface area contributed by atoms with E-state index in [0.29, 0.717) is 19.6 Å². The minimum Gasteiger partial charge on any atom is -0.382 e. The fourth-order valence-corrected chi connectivity index (χ4v) is 2.01. The van der Waals surface area contributed by atoms with Gasteiger partial charge in [-0.1, -0.05) is 6.92 Å². The van der Waals surface area contributed by atoms with Crippen LogP contribution in [0.3, 0.4) is 0 Å². The molecule has 1 rings (SSSR count). The van der Waals surface area contributed by atoms with E-state index in [1.165, 1.54) is 0 Å². The molecule has 19 heavy (non-hydrogen) atoms. The van der Waals surface area contributed by atoms with Crippen LogP contribution in [0.4, 0.5) is 13.2 Å². The van der Waals surface area contributed by atoms with Crippen molar-refractivity contribution in [3.63, 3.8) is 0 Å². The molecule has 0 amide bonds. The maximum atomic E-state index is 12.4. The van der Waals surface area contributed by atoms with Crippen LogP contribution in [0, 0.1) is 0 Å². The number of halogens is 3. The number of hydrogen-bond donors (Lipinski definition) is 1. The van der Waals surface area contributed by atoms with Gasteiger partial charge in [-0.2, -0.15) is 13.2 Å². The first kappa shape index (κ1) is 16.7. The Balaban J connectivity index is 2.44. The second-order valence-electron chi connectivity index (χ2n) is 4.59. The highest BCUT2D eigenvalue weighted by Gasteiger charge is 2.47. The van der Waals surface area contributed by atoms with Crippen LogP contribution < -0.4 is 5.32 Å². The quantitative estimate of drug-likeness (QED) is 0.690. The first-order chi connectivity index (χ1) is 8.90. The zero-order chi connectivity index (χ0) is 14.5. The average molecular weight is 285 g/mol. The molecule has 0 aromatic rings. The van der Waals surface area contributed by atoms with Crippen molar-refractivity contribution < 1.29 is 27.4 Å². The lowest BCUT2D eigenvalue weighted by atomic mass is 9.85. The van der Waals surface area contributed by atoms with Crippen molar-refractivity contribution >= 4 is 0 Å². The molecule has 0 aromatic heterocycles. The minimum atomic E-state index is -4.33. The van der Waals surface area contributed by atoms with Crippen molar-refractivity contribution in [3.05, 3.63) is 0 Å². The summed E-state index contributed by atoms with van der Waals surface area (Å²) in [5.41, 5.74) is 0. The highest BCUT2D eigenvalue weighted by atomic mass is 19.4. The van der Waals surface area contributed by atoms with Crippen LogP contribution >= 0.6 is 0 Å². The highest BCUT2D eigenvalue weighted by molar-refractivity contribution is 4.97. The normalized spacial score (nSPS) is 29.1. The van der Waals surface area contributed by atoms with E-state index >= 15 is 0 Å². The van der Waals surface area contributed by atoms with E-state index in [1.807, 2.05) is 6.92 Å². The fourth-order valence-electron chi connectivity index (χ4n) is 2.01. The van der Waals surface area contributed by atoms with Crippen molar-refractivity contribution in [1.82, 2.24) is 5.32 Å². The van der Waals surface area contributed by atoms with Crippen LogP contribution in [-0.2, 0) is 14.2 Å². The van der Waals surface area contributed by atoms with Crippen molar-refractivity contribution in [1.29, 1.82) is 0 Å². The Morgan fingerprint density at radius 3 is 2.53 bits per heavy atom. The SMILES string of the molecule is CCNC1CC(OC(C)C(F)(F)F)C1OCCOC. The molecule has 114 valence electrons. The predicted molar refractivity (Wildman–Crippen MR) is 64.1 cm³/mol. The van der Waals surface area contributed by atoms with Crippen LogP contribution in [0.2, 0.25) is 0 Å². The summed E-state index contributed by atoms with van der Waals surface area (Å²) in [5.74, 6) is 0. The number of hydrogen-bond acceptors (Lipinski definition) is 4. The summed E-state index contributed by atoms with van der Waals surface area (Å²) in [6.07, 6.45) is -6.43. The summed E-state index contributed by atoms with van der Waals surface area (Å²) in [4.78, 5) is 0. The average Bonchev–Trinajstić information content (AvgIpc) is 2.31. The van der Waals surface area contributed by atoms with Gasteiger partial charge in [0.2, 0.25) is 0 Å². The molecule has 4 unspecified atom stereocenters. The van der Waals surface area contributed by atoms with Gasteiger partial charge in [0, 0.05) is 13.2 Å². The number of likely N-dealkylation sites (N-methyl/N-ethyl adjacent to an activating group) is 1. The topological polar surface area (TPSA) is 39.7 Å². The summed E-state index contributed by atoms with van der Waals surface area (Å²) in [6, 6.07) is 0.0484. The number of nitrogens with one attached hydrogen (secondary N) is 1. The Kier molecular flexibility index (Phi) is 6.52. The van der Waals surface area contributed by atoms with E-state index in [0.717, 1.165) is 13.5 Å². The maximum absolute atomic E-state index is 12.4. The second-order valence-corrected chi connectivity index (χ2v) is 4.59. The van der Waals surface area contributed by atoms with Gasteiger partial charge >= 0.3 is 6.18 Å². The third-order valence-corrected chi connectivity index (χ3v) is 3.15. The smallest absolute Gasteiger partial charge is 0.382 e.